The number of carboxylic acid groups (broad SMARTS) is 1. The van der Waals surface area contributed by atoms with E-state index in [4.69, 9.17) is 4.74 Å². The molecule has 0 unspecified atom stereocenters. The van der Waals surface area contributed by atoms with Gasteiger partial charge < -0.3 is 14.6 Å². The van der Waals surface area contributed by atoms with Crippen LogP contribution in [0.25, 0.3) is 0 Å². The van der Waals surface area contributed by atoms with Crippen LogP contribution in [-0.4, -0.2) is 12.6 Å². The number of carboxylic acids is 1. The average Bonchev–Trinajstić information content (AvgIpc) is 2.95. The van der Waals surface area contributed by atoms with Crippen molar-refractivity contribution in [3.8, 4) is 5.75 Å². The number of ether oxygens (including phenoxy) is 1. The minimum atomic E-state index is -0.758. The summed E-state index contributed by atoms with van der Waals surface area (Å²) in [5, 5.41) is 11.1. The van der Waals surface area contributed by atoms with Gasteiger partial charge >= 0.3 is 0 Å². The van der Waals surface area contributed by atoms with E-state index >= 15 is 0 Å². The van der Waals surface area contributed by atoms with Crippen molar-refractivity contribution in [2.75, 3.05) is 6.61 Å². The lowest BCUT2D eigenvalue weighted by molar-refractivity contribution is -0.327. The van der Waals surface area contributed by atoms with Crippen LogP contribution in [-0.2, 0) is 15.7 Å². The van der Waals surface area contributed by atoms with E-state index in [1.807, 2.05) is 0 Å². The summed E-state index contributed by atoms with van der Waals surface area (Å²) in [5.74, 6) is 2.35. The Kier molecular flexibility index (Phi) is 9.34. The number of benzene rings is 3. The standard InChI is InChI=1S/C24H27OS.C11H16O2/c1-2-3-4-11-20-25-21-16-18-24(19-17-21)26(22-12-7-5-8-13-22)23-14-9-6-10-15-23;12-10(13)11-4-7-1-8(5-11)3-9(2-7)6-11/h5-10,12-19H,2-4,11,20H2,1H3;7-9H,1-6H2,(H,12,13)/q+1;/p-1. The van der Waals surface area contributed by atoms with Crippen molar-refractivity contribution in [2.45, 2.75) is 85.8 Å². The first-order valence-electron chi connectivity index (χ1n) is 14.8. The first-order chi connectivity index (χ1) is 19.1. The highest BCUT2D eigenvalue weighted by molar-refractivity contribution is 7.97. The molecule has 0 amide bonds. The molecule has 4 saturated carbocycles. The first-order valence-corrected chi connectivity index (χ1v) is 16.1. The predicted molar refractivity (Wildman–Crippen MR) is 157 cm³/mol. The summed E-state index contributed by atoms with van der Waals surface area (Å²) < 4.78 is 5.90. The van der Waals surface area contributed by atoms with Gasteiger partial charge in [-0.25, -0.2) is 0 Å². The number of carbonyl (C=O) groups excluding carboxylic acids is 1. The first kappa shape index (κ1) is 27.8. The lowest BCUT2D eigenvalue weighted by Crippen LogP contribution is -2.54. The Bertz CT molecular complexity index is 1100. The van der Waals surface area contributed by atoms with Gasteiger partial charge in [-0.05, 0) is 111 Å². The summed E-state index contributed by atoms with van der Waals surface area (Å²) >= 11 is 0. The van der Waals surface area contributed by atoms with Crippen LogP contribution in [0.3, 0.4) is 0 Å². The quantitative estimate of drug-likeness (QED) is 0.195. The van der Waals surface area contributed by atoms with Crippen molar-refractivity contribution in [3.63, 3.8) is 0 Å². The van der Waals surface area contributed by atoms with Crippen molar-refractivity contribution in [2.24, 2.45) is 23.2 Å². The molecule has 39 heavy (non-hydrogen) atoms. The van der Waals surface area contributed by atoms with Crippen LogP contribution >= 0.6 is 0 Å². The molecule has 206 valence electrons. The molecule has 3 aromatic carbocycles. The maximum Gasteiger partial charge on any atom is 0.166 e. The third-order valence-corrected chi connectivity index (χ3v) is 11.0. The number of aliphatic carboxylic acids is 1. The third kappa shape index (κ3) is 6.90. The third-order valence-electron chi connectivity index (χ3n) is 8.76. The highest BCUT2D eigenvalue weighted by Gasteiger charge is 2.51. The molecule has 0 atom stereocenters. The van der Waals surface area contributed by atoms with Crippen molar-refractivity contribution >= 4 is 16.9 Å². The molecular weight excluding hydrogens is 500 g/mol. The zero-order valence-electron chi connectivity index (χ0n) is 23.2. The molecule has 0 heterocycles. The maximum absolute atomic E-state index is 11.1. The van der Waals surface area contributed by atoms with Crippen LogP contribution in [0.4, 0.5) is 0 Å². The minimum Gasteiger partial charge on any atom is -0.550 e. The molecule has 4 bridgehead atoms. The number of hydrogen-bond acceptors (Lipinski definition) is 3. The van der Waals surface area contributed by atoms with E-state index in [1.165, 1.54) is 53.2 Å². The van der Waals surface area contributed by atoms with Crippen LogP contribution in [0.5, 0.6) is 5.75 Å². The van der Waals surface area contributed by atoms with Gasteiger partial charge in [0.15, 0.2) is 14.7 Å². The van der Waals surface area contributed by atoms with Gasteiger partial charge in [-0.3, -0.25) is 0 Å². The molecule has 3 aromatic rings. The lowest BCUT2D eigenvalue weighted by atomic mass is 9.49. The van der Waals surface area contributed by atoms with Crippen LogP contribution in [0.1, 0.15) is 71.1 Å². The second-order valence-corrected chi connectivity index (χ2v) is 13.8. The van der Waals surface area contributed by atoms with E-state index in [0.717, 1.165) is 38.0 Å². The van der Waals surface area contributed by atoms with Gasteiger partial charge in [0.25, 0.3) is 0 Å². The Hall–Kier alpha value is -2.72. The Morgan fingerprint density at radius 1 is 0.744 bits per heavy atom. The zero-order valence-corrected chi connectivity index (χ0v) is 24.0. The second kappa shape index (κ2) is 13.1. The molecule has 0 aromatic heterocycles. The summed E-state index contributed by atoms with van der Waals surface area (Å²) in [5.41, 5.74) is -0.394. The molecule has 0 N–H and O–H groups in total. The molecule has 4 aliphatic carbocycles. The summed E-state index contributed by atoms with van der Waals surface area (Å²) in [6.07, 6.45) is 11.6. The predicted octanol–water partition coefficient (Wildman–Crippen LogP) is 7.69. The topological polar surface area (TPSA) is 49.4 Å². The Morgan fingerprint density at radius 2 is 1.23 bits per heavy atom. The van der Waals surface area contributed by atoms with E-state index in [-0.39, 0.29) is 10.9 Å². The van der Waals surface area contributed by atoms with E-state index in [1.54, 1.807) is 0 Å². The molecule has 0 aliphatic heterocycles. The second-order valence-electron chi connectivity index (χ2n) is 11.8. The van der Waals surface area contributed by atoms with E-state index in [0.29, 0.717) is 17.8 Å². The SMILES string of the molecule is CCCCCCOc1ccc([S+](c2ccccc2)c2ccccc2)cc1.O=C([O-])C12CC3CC(CC(C3)C1)C2. The van der Waals surface area contributed by atoms with Crippen molar-refractivity contribution in [3.05, 3.63) is 84.9 Å². The Morgan fingerprint density at radius 3 is 1.69 bits per heavy atom. The molecule has 0 saturated heterocycles. The van der Waals surface area contributed by atoms with E-state index in [9.17, 15) is 9.90 Å². The molecule has 4 heteroatoms. The smallest absolute Gasteiger partial charge is 0.166 e. The minimum absolute atomic E-state index is 0.0885. The van der Waals surface area contributed by atoms with Gasteiger partial charge in [0, 0.05) is 11.4 Å². The number of carbonyl (C=O) groups is 1. The fourth-order valence-corrected chi connectivity index (χ4v) is 9.36. The molecule has 4 aliphatic rings. The van der Waals surface area contributed by atoms with Gasteiger partial charge in [0.05, 0.1) is 17.5 Å². The van der Waals surface area contributed by atoms with E-state index < -0.39 is 11.4 Å². The molecule has 0 radical (unpaired) electrons. The fourth-order valence-electron chi connectivity index (χ4n) is 7.27. The van der Waals surface area contributed by atoms with Gasteiger partial charge in [0.2, 0.25) is 0 Å². The molecular formula is C35H42O3S. The van der Waals surface area contributed by atoms with Gasteiger partial charge in [-0.1, -0.05) is 62.6 Å². The Balaban J connectivity index is 0.000000196. The lowest BCUT2D eigenvalue weighted by Gasteiger charge is -2.57. The molecule has 0 spiro atoms. The zero-order chi connectivity index (χ0) is 27.1. The van der Waals surface area contributed by atoms with Crippen LogP contribution in [0.2, 0.25) is 0 Å². The van der Waals surface area contributed by atoms with E-state index in [2.05, 4.69) is 91.9 Å². The summed E-state index contributed by atoms with van der Waals surface area (Å²) in [6, 6.07) is 30.1. The van der Waals surface area contributed by atoms with Crippen LogP contribution in [0.15, 0.2) is 99.6 Å². The normalized spacial score (nSPS) is 24.7. The highest BCUT2D eigenvalue weighted by atomic mass is 32.2. The fraction of sp³-hybridized carbons (Fsp3) is 0.457. The van der Waals surface area contributed by atoms with Gasteiger partial charge in [-0.2, -0.15) is 0 Å². The van der Waals surface area contributed by atoms with Gasteiger partial charge in [0.1, 0.15) is 5.75 Å². The number of rotatable bonds is 10. The largest absolute Gasteiger partial charge is 0.550 e. The monoisotopic (exact) mass is 542 g/mol. The summed E-state index contributed by atoms with van der Waals surface area (Å²) in [4.78, 5) is 15.1. The van der Waals surface area contributed by atoms with Crippen molar-refractivity contribution in [1.29, 1.82) is 0 Å². The number of unbranched alkanes of at least 4 members (excludes halogenated alkanes) is 3. The van der Waals surface area contributed by atoms with Crippen LogP contribution in [0, 0.1) is 23.2 Å². The van der Waals surface area contributed by atoms with Crippen molar-refractivity contribution in [1.82, 2.24) is 0 Å². The molecule has 3 nitrogen and oxygen atoms in total. The molecule has 4 fully saturated rings. The average molecular weight is 543 g/mol. The molecule has 7 rings (SSSR count). The highest BCUT2D eigenvalue weighted by Crippen LogP contribution is 2.59. The maximum atomic E-state index is 11.1. The van der Waals surface area contributed by atoms with Crippen molar-refractivity contribution < 1.29 is 14.6 Å². The van der Waals surface area contributed by atoms with Gasteiger partial charge in [-0.15, -0.1) is 0 Å². The van der Waals surface area contributed by atoms with Crippen LogP contribution < -0.4 is 9.84 Å². The number of hydrogen-bond donors (Lipinski definition) is 0. The summed E-state index contributed by atoms with van der Waals surface area (Å²) in [7, 11) is -0.0885. The Labute approximate surface area is 237 Å². The summed E-state index contributed by atoms with van der Waals surface area (Å²) in [6.45, 7) is 3.04.